The highest BCUT2D eigenvalue weighted by Gasteiger charge is 2.26. The summed E-state index contributed by atoms with van der Waals surface area (Å²) in [6.45, 7) is 3.93. The van der Waals surface area contributed by atoms with Gasteiger partial charge in [-0.3, -0.25) is 4.79 Å². The molecular weight excluding hydrogens is 450 g/mol. The number of carbonyl (C=O) groups is 1. The van der Waals surface area contributed by atoms with Gasteiger partial charge in [-0.1, -0.05) is 36.4 Å². The van der Waals surface area contributed by atoms with Gasteiger partial charge in [0.2, 0.25) is 5.88 Å². The summed E-state index contributed by atoms with van der Waals surface area (Å²) in [5.41, 5.74) is 1.87. The van der Waals surface area contributed by atoms with E-state index in [1.807, 2.05) is 36.4 Å². The standard InChI is InChI=1S/C25H25N5O5/c1-4-34-25(32)21-22(27-13-18-10-11-19(33-3)26-12-18)20-16(2)28-15-29-23(20)30(24(21)31)35-14-17-8-6-5-7-9-17/h5-12,15,27H,4,13-14H2,1-3H3. The molecule has 1 aromatic carbocycles. The molecule has 0 amide bonds. The molecule has 0 bridgehead atoms. The average molecular weight is 476 g/mol. The highest BCUT2D eigenvalue weighted by molar-refractivity contribution is 6.04. The Morgan fingerprint density at radius 3 is 2.54 bits per heavy atom. The van der Waals surface area contributed by atoms with E-state index < -0.39 is 11.5 Å². The summed E-state index contributed by atoms with van der Waals surface area (Å²) in [5.74, 6) is -0.288. The van der Waals surface area contributed by atoms with Gasteiger partial charge in [-0.15, -0.1) is 4.73 Å². The first kappa shape index (κ1) is 23.7. The highest BCUT2D eigenvalue weighted by atomic mass is 16.7. The molecule has 0 fully saturated rings. The van der Waals surface area contributed by atoms with Crippen LogP contribution in [0.1, 0.15) is 34.1 Å². The molecule has 0 saturated carbocycles. The Morgan fingerprint density at radius 2 is 1.86 bits per heavy atom. The Morgan fingerprint density at radius 1 is 1.06 bits per heavy atom. The fraction of sp³-hybridized carbons (Fsp3) is 0.240. The third-order valence-corrected chi connectivity index (χ3v) is 5.27. The van der Waals surface area contributed by atoms with Crippen molar-refractivity contribution < 1.29 is 19.1 Å². The molecule has 4 aromatic rings. The van der Waals surface area contributed by atoms with Gasteiger partial charge in [0.15, 0.2) is 11.2 Å². The number of hydrogen-bond acceptors (Lipinski definition) is 9. The van der Waals surface area contributed by atoms with Crippen LogP contribution in [0.25, 0.3) is 11.0 Å². The van der Waals surface area contributed by atoms with E-state index in [0.29, 0.717) is 17.0 Å². The Balaban J connectivity index is 1.82. The molecule has 0 aliphatic heterocycles. The van der Waals surface area contributed by atoms with E-state index in [-0.39, 0.29) is 36.7 Å². The minimum Gasteiger partial charge on any atom is -0.481 e. The number of fused-ring (bicyclic) bond motifs is 1. The number of nitrogens with one attached hydrogen (secondary N) is 1. The number of ether oxygens (including phenoxy) is 2. The highest BCUT2D eigenvalue weighted by Crippen LogP contribution is 2.27. The van der Waals surface area contributed by atoms with Crippen LogP contribution in [0.15, 0.2) is 59.8 Å². The first-order valence-corrected chi connectivity index (χ1v) is 11.0. The Hall–Kier alpha value is -4.47. The van der Waals surface area contributed by atoms with Crippen molar-refractivity contribution in [2.24, 2.45) is 0 Å². The van der Waals surface area contributed by atoms with E-state index >= 15 is 0 Å². The summed E-state index contributed by atoms with van der Waals surface area (Å²) in [4.78, 5) is 45.2. The van der Waals surface area contributed by atoms with Gasteiger partial charge in [-0.25, -0.2) is 19.7 Å². The lowest BCUT2D eigenvalue weighted by atomic mass is 10.1. The quantitative estimate of drug-likeness (QED) is 0.365. The number of methoxy groups -OCH3 is 1. The molecule has 3 aromatic heterocycles. The van der Waals surface area contributed by atoms with Crippen LogP contribution in [0, 0.1) is 6.92 Å². The van der Waals surface area contributed by atoms with Crippen LogP contribution in [0.2, 0.25) is 0 Å². The fourth-order valence-corrected chi connectivity index (χ4v) is 3.57. The lowest BCUT2D eigenvalue weighted by Crippen LogP contribution is -2.34. The minimum atomic E-state index is -0.768. The summed E-state index contributed by atoms with van der Waals surface area (Å²) in [5, 5.41) is 3.68. The fourth-order valence-electron chi connectivity index (χ4n) is 3.57. The molecule has 10 heteroatoms. The van der Waals surface area contributed by atoms with Crippen molar-refractivity contribution in [2.75, 3.05) is 19.0 Å². The third-order valence-electron chi connectivity index (χ3n) is 5.27. The van der Waals surface area contributed by atoms with Crippen molar-refractivity contribution in [2.45, 2.75) is 27.0 Å². The first-order chi connectivity index (χ1) is 17.0. The topological polar surface area (TPSA) is 117 Å². The number of aromatic nitrogens is 4. The van der Waals surface area contributed by atoms with Gasteiger partial charge in [-0.05, 0) is 25.0 Å². The number of nitrogens with zero attached hydrogens (tertiary/aromatic N) is 4. The molecule has 10 nitrogen and oxygen atoms in total. The smallest absolute Gasteiger partial charge is 0.346 e. The van der Waals surface area contributed by atoms with Crippen LogP contribution in [-0.4, -0.2) is 39.4 Å². The number of aryl methyl sites for hydroxylation is 1. The Labute approximate surface area is 201 Å². The summed E-state index contributed by atoms with van der Waals surface area (Å²) >= 11 is 0. The Kier molecular flexibility index (Phi) is 7.20. The SMILES string of the molecule is CCOC(=O)c1c(NCc2ccc(OC)nc2)c2c(C)ncnc2n(OCc2ccccc2)c1=O. The largest absolute Gasteiger partial charge is 0.481 e. The van der Waals surface area contributed by atoms with E-state index in [1.165, 1.54) is 13.4 Å². The van der Waals surface area contributed by atoms with Crippen LogP contribution < -0.4 is 20.5 Å². The van der Waals surface area contributed by atoms with E-state index in [2.05, 4.69) is 20.3 Å². The molecule has 0 spiro atoms. The molecule has 0 radical (unpaired) electrons. The van der Waals surface area contributed by atoms with Crippen molar-refractivity contribution in [3.8, 4) is 5.88 Å². The number of rotatable bonds is 9. The molecule has 180 valence electrons. The van der Waals surface area contributed by atoms with E-state index in [4.69, 9.17) is 14.3 Å². The van der Waals surface area contributed by atoms with Crippen LogP contribution in [0.4, 0.5) is 5.69 Å². The van der Waals surface area contributed by atoms with E-state index in [9.17, 15) is 9.59 Å². The van der Waals surface area contributed by atoms with Crippen LogP contribution in [0.3, 0.4) is 0 Å². The first-order valence-electron chi connectivity index (χ1n) is 11.0. The molecule has 0 atom stereocenters. The lowest BCUT2D eigenvalue weighted by Gasteiger charge is -2.18. The summed E-state index contributed by atoms with van der Waals surface area (Å²) in [6.07, 6.45) is 2.99. The molecule has 0 aliphatic rings. The molecule has 35 heavy (non-hydrogen) atoms. The van der Waals surface area contributed by atoms with Crippen molar-refractivity contribution in [1.82, 2.24) is 19.7 Å². The second-order valence-electron chi connectivity index (χ2n) is 7.55. The van der Waals surface area contributed by atoms with Crippen LogP contribution in [-0.2, 0) is 17.9 Å². The predicted octanol–water partition coefficient (Wildman–Crippen LogP) is 2.92. The number of esters is 1. The summed E-state index contributed by atoms with van der Waals surface area (Å²) in [6, 6.07) is 12.9. The number of carbonyl (C=O) groups excluding carboxylic acids is 1. The minimum absolute atomic E-state index is 0.103. The lowest BCUT2D eigenvalue weighted by molar-refractivity contribution is 0.0513. The molecule has 1 N–H and O–H groups in total. The zero-order chi connectivity index (χ0) is 24.8. The average Bonchev–Trinajstić information content (AvgIpc) is 2.88. The molecular formula is C25H25N5O5. The predicted molar refractivity (Wildman–Crippen MR) is 129 cm³/mol. The van der Waals surface area contributed by atoms with Gasteiger partial charge in [0.1, 0.15) is 12.9 Å². The molecule has 0 aliphatic carbocycles. The normalized spacial score (nSPS) is 10.7. The van der Waals surface area contributed by atoms with Gasteiger partial charge in [0.05, 0.1) is 30.5 Å². The van der Waals surface area contributed by atoms with Crippen molar-refractivity contribution in [3.63, 3.8) is 0 Å². The van der Waals surface area contributed by atoms with E-state index in [1.54, 1.807) is 26.1 Å². The van der Waals surface area contributed by atoms with Gasteiger partial charge in [0.25, 0.3) is 0 Å². The molecule has 0 saturated heterocycles. The number of anilines is 1. The van der Waals surface area contributed by atoms with Crippen molar-refractivity contribution >= 4 is 22.7 Å². The van der Waals surface area contributed by atoms with Crippen molar-refractivity contribution in [3.05, 3.63) is 87.7 Å². The van der Waals surface area contributed by atoms with E-state index in [0.717, 1.165) is 15.9 Å². The maximum Gasteiger partial charge on any atom is 0.346 e. The summed E-state index contributed by atoms with van der Waals surface area (Å²) < 4.78 is 11.4. The third kappa shape index (κ3) is 5.06. The van der Waals surface area contributed by atoms with Crippen molar-refractivity contribution in [1.29, 1.82) is 0 Å². The van der Waals surface area contributed by atoms with Crippen LogP contribution in [0.5, 0.6) is 5.88 Å². The second-order valence-corrected chi connectivity index (χ2v) is 7.55. The van der Waals surface area contributed by atoms with Crippen LogP contribution >= 0.6 is 0 Å². The van der Waals surface area contributed by atoms with Gasteiger partial charge in [-0.2, -0.15) is 0 Å². The molecule has 0 unspecified atom stereocenters. The monoisotopic (exact) mass is 475 g/mol. The summed E-state index contributed by atoms with van der Waals surface area (Å²) in [7, 11) is 1.54. The number of hydrogen-bond donors (Lipinski definition) is 1. The maximum atomic E-state index is 13.6. The number of benzene rings is 1. The van der Waals surface area contributed by atoms with Gasteiger partial charge >= 0.3 is 11.5 Å². The zero-order valence-corrected chi connectivity index (χ0v) is 19.6. The maximum absolute atomic E-state index is 13.6. The number of pyridine rings is 2. The zero-order valence-electron chi connectivity index (χ0n) is 19.6. The Bertz CT molecular complexity index is 1390. The van der Waals surface area contributed by atoms with Gasteiger partial charge < -0.3 is 19.6 Å². The molecule has 4 rings (SSSR count). The second kappa shape index (κ2) is 10.6. The molecule has 3 heterocycles. The van der Waals surface area contributed by atoms with Gasteiger partial charge in [0, 0.05) is 18.8 Å².